The lowest BCUT2D eigenvalue weighted by atomic mass is 9.95. The number of aromatic nitrogens is 2. The molecule has 0 radical (unpaired) electrons. The summed E-state index contributed by atoms with van der Waals surface area (Å²) < 4.78 is 1.14. The van der Waals surface area contributed by atoms with E-state index in [2.05, 4.69) is 38.9 Å². The normalized spacial score (nSPS) is 16.5. The SMILES string of the molecule is O=C1C(=O)C(Cc2cc(-c3cccc(I)c3)n[nH]2)c2ccccc21. The van der Waals surface area contributed by atoms with Crippen LogP contribution in [0.4, 0.5) is 0 Å². The van der Waals surface area contributed by atoms with Gasteiger partial charge in [0.05, 0.1) is 11.6 Å². The number of Topliss-reactive ketones (excluding diaryl/α,β-unsaturated/α-hetero) is 2. The predicted molar refractivity (Wildman–Crippen MR) is 99.0 cm³/mol. The van der Waals surface area contributed by atoms with E-state index in [1.54, 1.807) is 12.1 Å². The maximum atomic E-state index is 12.3. The van der Waals surface area contributed by atoms with Crippen molar-refractivity contribution >= 4 is 34.2 Å². The second-order valence-corrected chi connectivity index (χ2v) is 7.07. The fraction of sp³-hybridized carbons (Fsp3) is 0.105. The first-order chi connectivity index (χ1) is 11.6. The van der Waals surface area contributed by atoms with Crippen LogP contribution in [0, 0.1) is 3.57 Å². The number of carbonyl (C=O) groups is 2. The topological polar surface area (TPSA) is 62.8 Å². The number of H-pyrrole nitrogens is 1. The van der Waals surface area contributed by atoms with Crippen LogP contribution in [0.3, 0.4) is 0 Å². The van der Waals surface area contributed by atoms with Gasteiger partial charge in [0.25, 0.3) is 0 Å². The minimum atomic E-state index is -0.419. The van der Waals surface area contributed by atoms with Crippen LogP contribution < -0.4 is 0 Å². The minimum absolute atomic E-state index is 0.332. The molecule has 0 saturated heterocycles. The molecule has 118 valence electrons. The van der Waals surface area contributed by atoms with Gasteiger partial charge in [-0.3, -0.25) is 14.7 Å². The van der Waals surface area contributed by atoms with E-state index in [-0.39, 0.29) is 11.6 Å². The minimum Gasteiger partial charge on any atom is -0.290 e. The Kier molecular flexibility index (Phi) is 3.80. The molecule has 5 heteroatoms. The Morgan fingerprint density at radius 2 is 1.88 bits per heavy atom. The number of aromatic amines is 1. The lowest BCUT2D eigenvalue weighted by Crippen LogP contribution is -2.14. The summed E-state index contributed by atoms with van der Waals surface area (Å²) in [4.78, 5) is 24.4. The smallest absolute Gasteiger partial charge is 0.229 e. The quantitative estimate of drug-likeness (QED) is 0.511. The Bertz CT molecular complexity index is 961. The lowest BCUT2D eigenvalue weighted by Gasteiger charge is -2.07. The molecule has 1 aliphatic rings. The molecule has 4 nitrogen and oxygen atoms in total. The molecule has 3 aromatic rings. The zero-order valence-electron chi connectivity index (χ0n) is 12.6. The molecule has 0 aliphatic heterocycles. The van der Waals surface area contributed by atoms with E-state index in [4.69, 9.17) is 0 Å². The van der Waals surface area contributed by atoms with Gasteiger partial charge < -0.3 is 0 Å². The molecular weight excluding hydrogens is 415 g/mol. The maximum absolute atomic E-state index is 12.3. The van der Waals surface area contributed by atoms with Crippen LogP contribution in [0.25, 0.3) is 11.3 Å². The zero-order chi connectivity index (χ0) is 16.7. The average Bonchev–Trinajstić information content (AvgIpc) is 3.15. The van der Waals surface area contributed by atoms with Crippen molar-refractivity contribution in [2.45, 2.75) is 12.3 Å². The third-order valence-corrected chi connectivity index (χ3v) is 4.97. The van der Waals surface area contributed by atoms with Crippen molar-refractivity contribution in [3.63, 3.8) is 0 Å². The maximum Gasteiger partial charge on any atom is 0.229 e. The first-order valence-corrected chi connectivity index (χ1v) is 8.69. The summed E-state index contributed by atoms with van der Waals surface area (Å²) in [6.45, 7) is 0. The summed E-state index contributed by atoms with van der Waals surface area (Å²) in [5.41, 5.74) is 4.07. The van der Waals surface area contributed by atoms with Crippen molar-refractivity contribution in [1.82, 2.24) is 10.2 Å². The van der Waals surface area contributed by atoms with Crippen molar-refractivity contribution in [3.05, 3.63) is 75.0 Å². The number of rotatable bonds is 3. The van der Waals surface area contributed by atoms with Crippen molar-refractivity contribution in [2.75, 3.05) is 0 Å². The van der Waals surface area contributed by atoms with Crippen molar-refractivity contribution in [1.29, 1.82) is 0 Å². The largest absolute Gasteiger partial charge is 0.290 e. The molecule has 1 heterocycles. The van der Waals surface area contributed by atoms with Crippen LogP contribution in [-0.4, -0.2) is 21.8 Å². The standard InChI is InChI=1S/C19H13IN2O2/c20-12-5-3-4-11(8-12)17-10-13(21-22-17)9-16-14-6-1-2-7-15(14)18(23)19(16)24/h1-8,10,16H,9H2,(H,21,22). The molecule has 2 aromatic carbocycles. The highest BCUT2D eigenvalue weighted by atomic mass is 127. The Balaban J connectivity index is 1.63. The molecule has 1 unspecified atom stereocenters. The van der Waals surface area contributed by atoms with Crippen LogP contribution in [0.15, 0.2) is 54.6 Å². The number of nitrogens with one attached hydrogen (secondary N) is 1. The van der Waals surface area contributed by atoms with E-state index in [1.165, 1.54) is 0 Å². The second-order valence-electron chi connectivity index (χ2n) is 5.83. The second kappa shape index (κ2) is 5.98. The fourth-order valence-corrected chi connectivity index (χ4v) is 3.67. The van der Waals surface area contributed by atoms with E-state index in [0.717, 1.165) is 26.1 Å². The highest BCUT2D eigenvalue weighted by molar-refractivity contribution is 14.1. The predicted octanol–water partition coefficient (Wildman–Crippen LogP) is 3.77. The van der Waals surface area contributed by atoms with Gasteiger partial charge >= 0.3 is 0 Å². The van der Waals surface area contributed by atoms with Gasteiger partial charge in [-0.25, -0.2) is 0 Å². The number of ketones is 2. The lowest BCUT2D eigenvalue weighted by molar-refractivity contribution is -0.115. The van der Waals surface area contributed by atoms with Gasteiger partial charge in [-0.2, -0.15) is 5.10 Å². The van der Waals surface area contributed by atoms with Crippen LogP contribution in [0.1, 0.15) is 27.5 Å². The molecule has 0 amide bonds. The Labute approximate surface area is 152 Å². The van der Waals surface area contributed by atoms with E-state index in [0.29, 0.717) is 12.0 Å². The summed E-state index contributed by atoms with van der Waals surface area (Å²) >= 11 is 2.26. The van der Waals surface area contributed by atoms with E-state index in [9.17, 15) is 9.59 Å². The fourth-order valence-electron chi connectivity index (χ4n) is 3.12. The molecule has 24 heavy (non-hydrogen) atoms. The molecule has 1 aromatic heterocycles. The summed E-state index contributed by atoms with van der Waals surface area (Å²) in [7, 11) is 0. The van der Waals surface area contributed by atoms with Crippen LogP contribution >= 0.6 is 22.6 Å². The van der Waals surface area contributed by atoms with Crippen LogP contribution in [0.2, 0.25) is 0 Å². The van der Waals surface area contributed by atoms with Gasteiger partial charge in [0, 0.05) is 26.8 Å². The van der Waals surface area contributed by atoms with Gasteiger partial charge in [-0.05, 0) is 46.4 Å². The number of nitrogens with zero attached hydrogens (tertiary/aromatic N) is 1. The van der Waals surface area contributed by atoms with Crippen molar-refractivity contribution in [2.24, 2.45) is 0 Å². The highest BCUT2D eigenvalue weighted by Gasteiger charge is 2.38. The molecule has 1 atom stereocenters. The van der Waals surface area contributed by atoms with Gasteiger partial charge in [0.2, 0.25) is 11.6 Å². The third kappa shape index (κ3) is 2.58. The van der Waals surface area contributed by atoms with Gasteiger partial charge in [-0.15, -0.1) is 0 Å². The van der Waals surface area contributed by atoms with Gasteiger partial charge in [-0.1, -0.05) is 36.4 Å². The zero-order valence-corrected chi connectivity index (χ0v) is 14.8. The highest BCUT2D eigenvalue weighted by Crippen LogP contribution is 2.33. The molecule has 0 spiro atoms. The molecular formula is C19H13IN2O2. The number of carbonyl (C=O) groups excluding carboxylic acids is 2. The van der Waals surface area contributed by atoms with Gasteiger partial charge in [0.15, 0.2) is 0 Å². The molecule has 0 saturated carbocycles. The molecule has 1 aliphatic carbocycles. The average molecular weight is 428 g/mol. The number of benzene rings is 2. The van der Waals surface area contributed by atoms with Crippen molar-refractivity contribution < 1.29 is 9.59 Å². The van der Waals surface area contributed by atoms with E-state index in [1.807, 2.05) is 36.4 Å². The van der Waals surface area contributed by atoms with E-state index >= 15 is 0 Å². The Morgan fingerprint density at radius 1 is 1.04 bits per heavy atom. The van der Waals surface area contributed by atoms with E-state index < -0.39 is 5.92 Å². The summed E-state index contributed by atoms with van der Waals surface area (Å²) in [6, 6.07) is 17.3. The third-order valence-electron chi connectivity index (χ3n) is 4.30. The first-order valence-electron chi connectivity index (χ1n) is 7.61. The summed E-state index contributed by atoms with van der Waals surface area (Å²) in [5.74, 6) is -1.13. The van der Waals surface area contributed by atoms with Crippen LogP contribution in [-0.2, 0) is 11.2 Å². The first kappa shape index (κ1) is 15.3. The number of hydrogen-bond donors (Lipinski definition) is 1. The molecule has 0 bridgehead atoms. The Morgan fingerprint density at radius 3 is 2.71 bits per heavy atom. The van der Waals surface area contributed by atoms with Gasteiger partial charge in [0.1, 0.15) is 0 Å². The molecule has 0 fully saturated rings. The van der Waals surface area contributed by atoms with Crippen molar-refractivity contribution in [3.8, 4) is 11.3 Å². The Hall–Kier alpha value is -2.28. The number of hydrogen-bond acceptors (Lipinski definition) is 3. The summed E-state index contributed by atoms with van der Waals surface area (Å²) in [6.07, 6.45) is 0.457. The van der Waals surface area contributed by atoms with Crippen LogP contribution in [0.5, 0.6) is 0 Å². The monoisotopic (exact) mass is 428 g/mol. The summed E-state index contributed by atoms with van der Waals surface area (Å²) in [5, 5.41) is 7.35. The number of halogens is 1. The molecule has 1 N–H and O–H groups in total. The molecule has 4 rings (SSSR count). The number of fused-ring (bicyclic) bond motifs is 1.